The van der Waals surface area contributed by atoms with Crippen molar-refractivity contribution in [1.29, 1.82) is 10.5 Å². The Kier molecular flexibility index (Phi) is 9.00. The molecule has 0 saturated carbocycles. The van der Waals surface area contributed by atoms with Crippen LogP contribution in [0.25, 0.3) is 0 Å². The molecule has 4 aromatic rings. The maximum absolute atomic E-state index is 14.4. The Balaban J connectivity index is 2.02. The molecule has 46 heavy (non-hydrogen) atoms. The van der Waals surface area contributed by atoms with E-state index in [4.69, 9.17) is 9.47 Å². The third kappa shape index (κ3) is 5.07. The lowest BCUT2D eigenvalue weighted by Crippen LogP contribution is -2.39. The van der Waals surface area contributed by atoms with Crippen molar-refractivity contribution in [2.45, 2.75) is 5.92 Å². The van der Waals surface area contributed by atoms with Gasteiger partial charge in [0.1, 0.15) is 0 Å². The lowest BCUT2D eigenvalue weighted by Gasteiger charge is -2.35. The third-order valence-corrected chi connectivity index (χ3v) is 12.6. The van der Waals surface area contributed by atoms with E-state index >= 15 is 0 Å². The van der Waals surface area contributed by atoms with Gasteiger partial charge in [0.15, 0.2) is 5.41 Å². The highest BCUT2D eigenvalue weighted by Crippen LogP contribution is 2.58. The Morgan fingerprint density at radius 3 is 1.59 bits per heavy atom. The van der Waals surface area contributed by atoms with Gasteiger partial charge >= 0.3 is 11.9 Å². The molecule has 10 heteroatoms. The minimum Gasteiger partial charge on any atom is -0.469 e. The number of hydrogen-bond acceptors (Lipinski definition) is 8. The smallest absolute Gasteiger partial charge is 0.339 e. The first-order valence-electron chi connectivity index (χ1n) is 14.2. The Morgan fingerprint density at radius 1 is 0.761 bits per heavy atom. The summed E-state index contributed by atoms with van der Waals surface area (Å²) in [5.41, 5.74) is -1.95. The molecule has 0 spiro atoms. The van der Waals surface area contributed by atoms with Gasteiger partial charge in [0.2, 0.25) is 0 Å². The van der Waals surface area contributed by atoms with E-state index in [0.29, 0.717) is 5.56 Å². The van der Waals surface area contributed by atoms with Gasteiger partial charge in [0.25, 0.3) is 5.69 Å². The summed E-state index contributed by atoms with van der Waals surface area (Å²) in [6.07, 6.45) is 1.47. The number of esters is 2. The van der Waals surface area contributed by atoms with E-state index < -0.39 is 41.0 Å². The van der Waals surface area contributed by atoms with Crippen LogP contribution in [0.3, 0.4) is 0 Å². The van der Waals surface area contributed by atoms with Gasteiger partial charge in [-0.1, -0.05) is 109 Å². The number of methoxy groups -OCH3 is 2. The van der Waals surface area contributed by atoms with Gasteiger partial charge in [0, 0.05) is 18.1 Å². The molecule has 1 aliphatic carbocycles. The highest BCUT2D eigenvalue weighted by Gasteiger charge is 2.58. The molecule has 2 atom stereocenters. The minimum atomic E-state index is -3.27. The molecule has 0 aromatic heterocycles. The number of nitrogens with zero attached hydrogens (tertiary/aromatic N) is 3. The normalized spacial score (nSPS) is 16.7. The minimum absolute atomic E-state index is 0.0352. The molecule has 5 rings (SSSR count). The quantitative estimate of drug-likeness (QED) is 0.117. The Hall–Kier alpha value is -5.76. The fraction of sp³-hybridized carbons (Fsp3) is 0.139. The lowest BCUT2D eigenvalue weighted by atomic mass is 9.69. The Morgan fingerprint density at radius 2 is 1.22 bits per heavy atom. The summed E-state index contributed by atoms with van der Waals surface area (Å²) in [5, 5.41) is 35.7. The summed E-state index contributed by atoms with van der Waals surface area (Å²) >= 11 is 0. The zero-order chi connectivity index (χ0) is 32.9. The number of hydrogen-bond donors (Lipinski definition) is 0. The van der Waals surface area contributed by atoms with Crippen molar-refractivity contribution in [1.82, 2.24) is 0 Å². The van der Waals surface area contributed by atoms with Crippen LogP contribution in [0.1, 0.15) is 11.5 Å². The summed E-state index contributed by atoms with van der Waals surface area (Å²) < 4.78 is 10.6. The van der Waals surface area contributed by atoms with Crippen LogP contribution in [0.2, 0.25) is 0 Å². The molecule has 0 unspecified atom stereocenters. The largest absolute Gasteiger partial charge is 0.469 e. The first-order chi connectivity index (χ1) is 22.3. The van der Waals surface area contributed by atoms with Crippen molar-refractivity contribution >= 4 is 45.7 Å². The fourth-order valence-corrected chi connectivity index (χ4v) is 10.8. The van der Waals surface area contributed by atoms with Crippen LogP contribution in [0.15, 0.2) is 127 Å². The van der Waals surface area contributed by atoms with E-state index in [2.05, 4.69) is 12.1 Å². The Bertz CT molecular complexity index is 1840. The number of benzene rings is 4. The van der Waals surface area contributed by atoms with Crippen molar-refractivity contribution < 1.29 is 24.0 Å². The second-order valence-corrected chi connectivity index (χ2v) is 13.8. The van der Waals surface area contributed by atoms with E-state index in [0.717, 1.165) is 15.9 Å². The second-order valence-electron chi connectivity index (χ2n) is 10.5. The fourth-order valence-electron chi connectivity index (χ4n) is 6.31. The van der Waals surface area contributed by atoms with Gasteiger partial charge in [-0.3, -0.25) is 14.9 Å². The molecule has 1 aliphatic rings. The van der Waals surface area contributed by atoms with E-state index in [-0.39, 0.29) is 16.6 Å². The van der Waals surface area contributed by atoms with Crippen molar-refractivity contribution in [2.24, 2.45) is 11.3 Å². The standard InChI is InChI=1S/C36H28N3O6P/c1-44-34(40)30-22-31(36(23-37,24-38)32(30)25-18-20-26(21-19-25)39(42)43)33(35(41)45-2)46(27-12-6-3-7-13-27,28-14-8-4-9-15-28)29-16-10-5-11-17-29/h3-22,30,32H,1-2H3/t30-,32-/m1/s1. The van der Waals surface area contributed by atoms with Crippen LogP contribution >= 0.6 is 6.89 Å². The van der Waals surface area contributed by atoms with Gasteiger partial charge in [0.05, 0.1) is 42.5 Å². The van der Waals surface area contributed by atoms with E-state index in [1.54, 1.807) is 0 Å². The summed E-state index contributed by atoms with van der Waals surface area (Å²) in [7, 11) is 2.43. The molecule has 0 amide bonds. The Labute approximate surface area is 266 Å². The summed E-state index contributed by atoms with van der Waals surface area (Å²) in [6, 6.07) is 37.8. The maximum Gasteiger partial charge on any atom is 0.339 e. The number of nitro groups is 1. The molecule has 4 aromatic carbocycles. The number of carbonyl (C=O) groups is 2. The van der Waals surface area contributed by atoms with Gasteiger partial charge in [-0.15, -0.1) is 0 Å². The van der Waals surface area contributed by atoms with Gasteiger partial charge in [-0.25, -0.2) is 4.79 Å². The van der Waals surface area contributed by atoms with Crippen molar-refractivity contribution in [2.75, 3.05) is 14.2 Å². The van der Waals surface area contributed by atoms with Crippen molar-refractivity contribution in [3.63, 3.8) is 0 Å². The molecule has 0 fully saturated rings. The first kappa shape index (κ1) is 31.7. The molecule has 0 N–H and O–H groups in total. The SMILES string of the molecule is COC(=O)C(C1=C[C@@H](C(=O)OC)[C@@H](c2ccc([N+](=O)[O-])cc2)C1(C#N)C#N)=P(c1ccccc1)(c1ccccc1)c1ccccc1. The van der Waals surface area contributed by atoms with Crippen LogP contribution in [0.4, 0.5) is 5.69 Å². The highest BCUT2D eigenvalue weighted by molar-refractivity contribution is 7.96. The molecular weight excluding hydrogens is 601 g/mol. The predicted molar refractivity (Wildman–Crippen MR) is 175 cm³/mol. The zero-order valence-corrected chi connectivity index (χ0v) is 25.8. The average Bonchev–Trinajstić information content (AvgIpc) is 3.45. The number of nitriles is 2. The summed E-state index contributed by atoms with van der Waals surface area (Å²) in [4.78, 5) is 38.7. The number of rotatable bonds is 8. The highest BCUT2D eigenvalue weighted by atomic mass is 31.2. The molecule has 0 bridgehead atoms. The second kappa shape index (κ2) is 13.1. The number of non-ortho nitro benzene ring substituents is 1. The van der Waals surface area contributed by atoms with Gasteiger partial charge < -0.3 is 9.47 Å². The number of carbonyl (C=O) groups excluding carboxylic acids is 2. The van der Waals surface area contributed by atoms with Gasteiger partial charge in [-0.05, 0) is 33.9 Å². The van der Waals surface area contributed by atoms with E-state index in [9.17, 15) is 30.2 Å². The van der Waals surface area contributed by atoms with Crippen LogP contribution in [-0.4, -0.2) is 36.4 Å². The van der Waals surface area contributed by atoms with E-state index in [1.807, 2.05) is 91.0 Å². The van der Waals surface area contributed by atoms with Crippen molar-refractivity contribution in [3.8, 4) is 12.1 Å². The predicted octanol–water partition coefficient (Wildman–Crippen LogP) is 4.78. The molecule has 0 aliphatic heterocycles. The van der Waals surface area contributed by atoms with Gasteiger partial charge in [-0.2, -0.15) is 10.5 Å². The summed E-state index contributed by atoms with van der Waals surface area (Å²) in [5.74, 6) is -3.86. The molecular formula is C36H28N3O6P. The summed E-state index contributed by atoms with van der Waals surface area (Å²) in [6.45, 7) is -3.27. The average molecular weight is 630 g/mol. The molecule has 0 saturated heterocycles. The molecule has 228 valence electrons. The van der Waals surface area contributed by atoms with Crippen molar-refractivity contribution in [3.05, 3.63) is 143 Å². The number of ether oxygens (including phenoxy) is 2. The third-order valence-electron chi connectivity index (χ3n) is 8.29. The lowest BCUT2D eigenvalue weighted by molar-refractivity contribution is -0.384. The van der Waals surface area contributed by atoms with E-state index in [1.165, 1.54) is 44.6 Å². The first-order valence-corrected chi connectivity index (χ1v) is 16.0. The monoisotopic (exact) mass is 629 g/mol. The van der Waals surface area contributed by atoms with Crippen LogP contribution in [0, 0.1) is 44.1 Å². The maximum atomic E-state index is 14.4. The van der Waals surface area contributed by atoms with Crippen LogP contribution in [0.5, 0.6) is 0 Å². The molecule has 9 nitrogen and oxygen atoms in total. The number of nitro benzene ring substituents is 1. The zero-order valence-electron chi connectivity index (χ0n) is 24.9. The topological polar surface area (TPSA) is 143 Å². The van der Waals surface area contributed by atoms with Crippen LogP contribution in [-0.2, 0) is 19.1 Å². The van der Waals surface area contributed by atoms with Crippen LogP contribution < -0.4 is 15.9 Å². The molecule has 0 heterocycles. The molecule has 0 radical (unpaired) electrons.